The van der Waals surface area contributed by atoms with Crippen LogP contribution in [0.15, 0.2) is 42.5 Å². The van der Waals surface area contributed by atoms with Crippen molar-refractivity contribution >= 4 is 28.9 Å². The predicted molar refractivity (Wildman–Crippen MR) is 108 cm³/mol. The molecule has 0 radical (unpaired) electrons. The van der Waals surface area contributed by atoms with E-state index in [1.165, 1.54) is 0 Å². The SMILES string of the molecule is COc1ccc(Cl)cc1NC(=O)[C@H](C)N1CCN(c2ccc(O)cc2)CC1. The third-order valence-electron chi connectivity index (χ3n) is 4.88. The number of piperazine rings is 1. The molecule has 0 saturated carbocycles. The molecule has 1 amide bonds. The van der Waals surface area contributed by atoms with E-state index in [1.807, 2.05) is 19.1 Å². The Hall–Kier alpha value is -2.44. The van der Waals surface area contributed by atoms with Crippen molar-refractivity contribution in [1.82, 2.24) is 4.90 Å². The lowest BCUT2D eigenvalue weighted by Crippen LogP contribution is -2.52. The minimum absolute atomic E-state index is 0.0892. The van der Waals surface area contributed by atoms with Crippen LogP contribution in [0.2, 0.25) is 5.02 Å². The number of nitrogens with one attached hydrogen (secondary N) is 1. The van der Waals surface area contributed by atoms with Crippen molar-refractivity contribution in [2.75, 3.05) is 43.5 Å². The third-order valence-corrected chi connectivity index (χ3v) is 5.11. The summed E-state index contributed by atoms with van der Waals surface area (Å²) in [4.78, 5) is 17.1. The van der Waals surface area contributed by atoms with Gasteiger partial charge in [-0.3, -0.25) is 9.69 Å². The summed E-state index contributed by atoms with van der Waals surface area (Å²) in [6, 6.07) is 12.1. The molecule has 1 saturated heterocycles. The van der Waals surface area contributed by atoms with Crippen molar-refractivity contribution in [3.05, 3.63) is 47.5 Å². The van der Waals surface area contributed by atoms with Gasteiger partial charge in [-0.05, 0) is 49.4 Å². The number of aromatic hydroxyl groups is 1. The summed E-state index contributed by atoms with van der Waals surface area (Å²) in [6.07, 6.45) is 0. The van der Waals surface area contributed by atoms with Gasteiger partial charge in [-0.2, -0.15) is 0 Å². The van der Waals surface area contributed by atoms with E-state index in [1.54, 1.807) is 37.4 Å². The summed E-state index contributed by atoms with van der Waals surface area (Å²) in [7, 11) is 1.56. The quantitative estimate of drug-likeness (QED) is 0.822. The average molecular weight is 390 g/mol. The zero-order chi connectivity index (χ0) is 19.4. The van der Waals surface area contributed by atoms with Gasteiger partial charge in [0.2, 0.25) is 5.91 Å². The fourth-order valence-corrected chi connectivity index (χ4v) is 3.38. The second kappa shape index (κ2) is 8.50. The zero-order valence-corrected chi connectivity index (χ0v) is 16.2. The number of nitrogens with zero attached hydrogens (tertiary/aromatic N) is 2. The number of anilines is 2. The van der Waals surface area contributed by atoms with Gasteiger partial charge in [-0.15, -0.1) is 0 Å². The molecule has 2 aromatic rings. The van der Waals surface area contributed by atoms with Gasteiger partial charge in [0, 0.05) is 36.9 Å². The van der Waals surface area contributed by atoms with E-state index >= 15 is 0 Å². The van der Waals surface area contributed by atoms with Gasteiger partial charge in [0.1, 0.15) is 11.5 Å². The highest BCUT2D eigenvalue weighted by molar-refractivity contribution is 6.31. The lowest BCUT2D eigenvalue weighted by atomic mass is 10.2. The summed E-state index contributed by atoms with van der Waals surface area (Å²) in [5, 5.41) is 12.9. The molecule has 1 aliphatic heterocycles. The maximum absolute atomic E-state index is 12.7. The Morgan fingerprint density at radius 2 is 1.81 bits per heavy atom. The van der Waals surface area contributed by atoms with E-state index in [4.69, 9.17) is 16.3 Å². The van der Waals surface area contributed by atoms with E-state index in [2.05, 4.69) is 15.1 Å². The molecule has 0 aromatic heterocycles. The molecular weight excluding hydrogens is 366 g/mol. The van der Waals surface area contributed by atoms with Crippen LogP contribution in [0.25, 0.3) is 0 Å². The van der Waals surface area contributed by atoms with Gasteiger partial charge < -0.3 is 20.1 Å². The minimum atomic E-state index is -0.268. The molecule has 0 aliphatic carbocycles. The number of hydrogen-bond acceptors (Lipinski definition) is 5. The van der Waals surface area contributed by atoms with Gasteiger partial charge in [-0.1, -0.05) is 11.6 Å². The number of amides is 1. The van der Waals surface area contributed by atoms with Crippen LogP contribution in [0, 0.1) is 0 Å². The number of methoxy groups -OCH3 is 1. The topological polar surface area (TPSA) is 65.0 Å². The fourth-order valence-electron chi connectivity index (χ4n) is 3.21. The minimum Gasteiger partial charge on any atom is -0.508 e. The summed E-state index contributed by atoms with van der Waals surface area (Å²) < 4.78 is 5.29. The van der Waals surface area contributed by atoms with Crippen LogP contribution < -0.4 is 15.0 Å². The Morgan fingerprint density at radius 3 is 2.44 bits per heavy atom. The van der Waals surface area contributed by atoms with Crippen LogP contribution >= 0.6 is 11.6 Å². The van der Waals surface area contributed by atoms with Crippen LogP contribution in [0.3, 0.4) is 0 Å². The van der Waals surface area contributed by atoms with E-state index in [0.717, 1.165) is 31.9 Å². The number of rotatable bonds is 5. The molecule has 1 heterocycles. The zero-order valence-electron chi connectivity index (χ0n) is 15.5. The maximum Gasteiger partial charge on any atom is 0.241 e. The molecule has 7 heteroatoms. The summed E-state index contributed by atoms with van der Waals surface area (Å²) in [6.45, 7) is 5.11. The highest BCUT2D eigenvalue weighted by Crippen LogP contribution is 2.28. The Bertz CT molecular complexity index is 790. The van der Waals surface area contributed by atoms with Crippen LogP contribution in [0.1, 0.15) is 6.92 Å². The Kier molecular flexibility index (Phi) is 6.08. The van der Waals surface area contributed by atoms with Crippen LogP contribution in [0.4, 0.5) is 11.4 Å². The van der Waals surface area contributed by atoms with Crippen molar-refractivity contribution in [2.24, 2.45) is 0 Å². The van der Waals surface area contributed by atoms with E-state index in [0.29, 0.717) is 16.5 Å². The lowest BCUT2D eigenvalue weighted by molar-refractivity contribution is -0.120. The first-order valence-corrected chi connectivity index (χ1v) is 9.28. The van der Waals surface area contributed by atoms with Crippen LogP contribution in [0.5, 0.6) is 11.5 Å². The summed E-state index contributed by atoms with van der Waals surface area (Å²) in [5.41, 5.74) is 1.65. The summed E-state index contributed by atoms with van der Waals surface area (Å²) in [5.74, 6) is 0.755. The highest BCUT2D eigenvalue weighted by atomic mass is 35.5. The lowest BCUT2D eigenvalue weighted by Gasteiger charge is -2.38. The summed E-state index contributed by atoms with van der Waals surface area (Å²) >= 11 is 6.03. The van der Waals surface area contributed by atoms with E-state index in [-0.39, 0.29) is 17.7 Å². The number of carbonyl (C=O) groups excluding carboxylic acids is 1. The molecule has 0 bridgehead atoms. The normalized spacial score (nSPS) is 16.0. The van der Waals surface area contributed by atoms with Gasteiger partial charge in [0.05, 0.1) is 18.8 Å². The van der Waals surface area contributed by atoms with Crippen molar-refractivity contribution in [3.8, 4) is 11.5 Å². The first-order chi connectivity index (χ1) is 13.0. The molecule has 0 spiro atoms. The number of carbonyl (C=O) groups is 1. The number of phenolic OH excluding ortho intramolecular Hbond substituents is 1. The van der Waals surface area contributed by atoms with Gasteiger partial charge >= 0.3 is 0 Å². The molecule has 0 unspecified atom stereocenters. The molecule has 2 aromatic carbocycles. The van der Waals surface area contributed by atoms with E-state index in [9.17, 15) is 9.90 Å². The Balaban J connectivity index is 1.58. The number of halogens is 1. The molecule has 27 heavy (non-hydrogen) atoms. The Labute approximate surface area is 164 Å². The average Bonchev–Trinajstić information content (AvgIpc) is 2.68. The molecule has 1 atom stereocenters. The van der Waals surface area contributed by atoms with Crippen LogP contribution in [-0.4, -0.2) is 55.2 Å². The second-order valence-corrected chi connectivity index (χ2v) is 6.99. The molecule has 3 rings (SSSR count). The number of phenols is 1. The predicted octanol–water partition coefficient (Wildman–Crippen LogP) is 3.20. The van der Waals surface area contributed by atoms with Crippen molar-refractivity contribution in [1.29, 1.82) is 0 Å². The monoisotopic (exact) mass is 389 g/mol. The molecule has 1 fully saturated rings. The largest absolute Gasteiger partial charge is 0.508 e. The molecule has 1 aliphatic rings. The highest BCUT2D eigenvalue weighted by Gasteiger charge is 2.26. The maximum atomic E-state index is 12.7. The number of ether oxygens (including phenoxy) is 1. The number of benzene rings is 2. The molecule has 6 nitrogen and oxygen atoms in total. The van der Waals surface area contributed by atoms with Crippen molar-refractivity contribution < 1.29 is 14.6 Å². The third kappa shape index (κ3) is 4.64. The molecular formula is C20H24ClN3O3. The Morgan fingerprint density at radius 1 is 1.15 bits per heavy atom. The fraction of sp³-hybridized carbons (Fsp3) is 0.350. The first kappa shape index (κ1) is 19.3. The second-order valence-electron chi connectivity index (χ2n) is 6.55. The smallest absolute Gasteiger partial charge is 0.241 e. The molecule has 144 valence electrons. The van der Waals surface area contributed by atoms with Crippen LogP contribution in [-0.2, 0) is 4.79 Å². The first-order valence-electron chi connectivity index (χ1n) is 8.90. The van der Waals surface area contributed by atoms with Gasteiger partial charge in [-0.25, -0.2) is 0 Å². The number of hydrogen-bond donors (Lipinski definition) is 2. The van der Waals surface area contributed by atoms with Gasteiger partial charge in [0.15, 0.2) is 0 Å². The standard InChI is InChI=1S/C20H24ClN3O3/c1-14(20(26)22-18-13-15(21)3-8-19(18)27-2)23-9-11-24(12-10-23)16-4-6-17(25)7-5-16/h3-8,13-14,25H,9-12H2,1-2H3,(H,22,26)/t14-/m0/s1. The molecule has 2 N–H and O–H groups in total. The van der Waals surface area contributed by atoms with Crippen molar-refractivity contribution in [2.45, 2.75) is 13.0 Å². The van der Waals surface area contributed by atoms with E-state index < -0.39 is 0 Å². The van der Waals surface area contributed by atoms with Crippen molar-refractivity contribution in [3.63, 3.8) is 0 Å². The van der Waals surface area contributed by atoms with Gasteiger partial charge in [0.25, 0.3) is 0 Å².